The Morgan fingerprint density at radius 3 is 2.58 bits per heavy atom. The number of allylic oxidation sites excluding steroid dienone is 1. The second-order valence-electron chi connectivity index (χ2n) is 2.06. The summed E-state index contributed by atoms with van der Waals surface area (Å²) < 4.78 is 4.42. The first-order valence-electron chi connectivity index (χ1n) is 3.31. The molecule has 0 saturated carbocycles. The predicted octanol–water partition coefficient (Wildman–Crippen LogP) is 0.365. The molecule has 4 heteroatoms. The minimum absolute atomic E-state index is 0.289. The Kier molecular flexibility index (Phi) is 4.45. The van der Waals surface area contributed by atoms with Crippen LogP contribution >= 0.6 is 0 Å². The highest BCUT2D eigenvalue weighted by atomic mass is 16.5. The lowest BCUT2D eigenvalue weighted by Crippen LogP contribution is -2.26. The van der Waals surface area contributed by atoms with E-state index in [-0.39, 0.29) is 6.61 Å². The van der Waals surface area contributed by atoms with Gasteiger partial charge in [-0.1, -0.05) is 13.2 Å². The lowest BCUT2D eigenvalue weighted by molar-refractivity contribution is -0.146. The third-order valence-electron chi connectivity index (χ3n) is 0.953. The summed E-state index contributed by atoms with van der Waals surface area (Å²) in [5.41, 5.74) is 0.382. The van der Waals surface area contributed by atoms with Crippen LogP contribution in [0.25, 0.3) is 0 Å². The molecular weight excluding hydrogens is 158 g/mol. The second-order valence-corrected chi connectivity index (χ2v) is 2.06. The van der Waals surface area contributed by atoms with E-state index in [9.17, 15) is 9.59 Å². The lowest BCUT2D eigenvalue weighted by Gasteiger charge is -2.03. The first-order chi connectivity index (χ1) is 5.56. The first-order valence-corrected chi connectivity index (χ1v) is 3.31. The number of nitrogens with one attached hydrogen (secondary N) is 1. The lowest BCUT2D eigenvalue weighted by atomic mass is 10.4. The van der Waals surface area contributed by atoms with Gasteiger partial charge >= 0.3 is 5.97 Å². The van der Waals surface area contributed by atoms with Gasteiger partial charge in [0.2, 0.25) is 0 Å². The number of carbonyl (C=O) groups is 2. The Balaban J connectivity index is 3.67. The van der Waals surface area contributed by atoms with Crippen LogP contribution in [0.4, 0.5) is 0 Å². The van der Waals surface area contributed by atoms with Crippen molar-refractivity contribution in [2.75, 3.05) is 6.61 Å². The molecule has 0 aliphatic heterocycles. The zero-order chi connectivity index (χ0) is 9.56. The molecule has 0 aromatic heterocycles. The topological polar surface area (TPSA) is 55.4 Å². The number of ether oxygens (including phenoxy) is 1. The average Bonchev–Trinajstić information content (AvgIpc) is 2.00. The fourth-order valence-corrected chi connectivity index (χ4v) is 0.433. The summed E-state index contributed by atoms with van der Waals surface area (Å²) >= 11 is 0. The Morgan fingerprint density at radius 1 is 1.58 bits per heavy atom. The highest BCUT2D eigenvalue weighted by Gasteiger charge is 2.02. The summed E-state index contributed by atoms with van der Waals surface area (Å²) in [6.07, 6.45) is 1.39. The van der Waals surface area contributed by atoms with Gasteiger partial charge in [-0.05, 0) is 6.08 Å². The van der Waals surface area contributed by atoms with Crippen LogP contribution in [-0.2, 0) is 14.3 Å². The molecule has 0 bridgehead atoms. The van der Waals surface area contributed by atoms with Crippen molar-refractivity contribution in [3.63, 3.8) is 0 Å². The molecule has 0 aromatic carbocycles. The van der Waals surface area contributed by atoms with Gasteiger partial charge in [-0.2, -0.15) is 0 Å². The normalized spacial score (nSPS) is 8.42. The predicted molar refractivity (Wildman–Crippen MR) is 44.1 cm³/mol. The maximum atomic E-state index is 10.8. The summed E-state index contributed by atoms with van der Waals surface area (Å²) in [6.45, 7) is 7.78. The molecule has 1 N–H and O–H groups in total. The first kappa shape index (κ1) is 10.4. The van der Waals surface area contributed by atoms with Crippen molar-refractivity contribution in [2.45, 2.75) is 6.92 Å². The number of esters is 1. The molecule has 4 nitrogen and oxygen atoms in total. The van der Waals surface area contributed by atoms with Gasteiger partial charge in [0.25, 0.3) is 5.91 Å². The minimum Gasteiger partial charge on any atom is -0.456 e. The smallest absolute Gasteiger partial charge is 0.303 e. The van der Waals surface area contributed by atoms with Crippen LogP contribution in [0.1, 0.15) is 6.92 Å². The van der Waals surface area contributed by atoms with Crippen LogP contribution in [0.2, 0.25) is 0 Å². The molecule has 0 spiro atoms. The Hall–Kier alpha value is -1.58. The van der Waals surface area contributed by atoms with Crippen molar-refractivity contribution in [3.8, 4) is 0 Å². The maximum absolute atomic E-state index is 10.8. The molecular formula is C8H11NO3. The SMILES string of the molecule is C=CC(=C)NC(=O)COC(C)=O. The van der Waals surface area contributed by atoms with E-state index in [1.807, 2.05) is 0 Å². The second kappa shape index (κ2) is 5.12. The van der Waals surface area contributed by atoms with Crippen LogP contribution in [0.5, 0.6) is 0 Å². The van der Waals surface area contributed by atoms with Gasteiger partial charge in [-0.3, -0.25) is 9.59 Å². The number of carbonyl (C=O) groups excluding carboxylic acids is 2. The van der Waals surface area contributed by atoms with E-state index < -0.39 is 11.9 Å². The Morgan fingerprint density at radius 2 is 2.17 bits per heavy atom. The molecule has 0 heterocycles. The number of hydrogen-bond acceptors (Lipinski definition) is 3. The standard InChI is InChI=1S/C8H11NO3/c1-4-6(2)9-8(11)5-12-7(3)10/h4H,1-2,5H2,3H3,(H,9,11). The van der Waals surface area contributed by atoms with Gasteiger partial charge in [-0.25, -0.2) is 0 Å². The molecule has 0 saturated heterocycles. The number of hydrogen-bond donors (Lipinski definition) is 1. The van der Waals surface area contributed by atoms with Crippen molar-refractivity contribution in [1.82, 2.24) is 5.32 Å². The van der Waals surface area contributed by atoms with E-state index >= 15 is 0 Å². The Labute approximate surface area is 70.9 Å². The molecule has 0 aliphatic carbocycles. The fraction of sp³-hybridized carbons (Fsp3) is 0.250. The minimum atomic E-state index is -0.491. The molecule has 0 aromatic rings. The van der Waals surface area contributed by atoms with Crippen LogP contribution in [0.3, 0.4) is 0 Å². The molecule has 12 heavy (non-hydrogen) atoms. The van der Waals surface area contributed by atoms with Crippen molar-refractivity contribution in [3.05, 3.63) is 24.9 Å². The third kappa shape index (κ3) is 5.22. The number of rotatable bonds is 4. The summed E-state index contributed by atoms with van der Waals surface area (Å²) in [6, 6.07) is 0. The van der Waals surface area contributed by atoms with Gasteiger partial charge in [-0.15, -0.1) is 0 Å². The molecule has 1 amide bonds. The summed E-state index contributed by atoms with van der Waals surface area (Å²) in [5.74, 6) is -0.913. The largest absolute Gasteiger partial charge is 0.456 e. The maximum Gasteiger partial charge on any atom is 0.303 e. The fourth-order valence-electron chi connectivity index (χ4n) is 0.433. The number of amides is 1. The van der Waals surface area contributed by atoms with Crippen molar-refractivity contribution in [2.24, 2.45) is 0 Å². The molecule has 0 aliphatic rings. The van der Waals surface area contributed by atoms with Gasteiger partial charge in [0.15, 0.2) is 6.61 Å². The van der Waals surface area contributed by atoms with Crippen molar-refractivity contribution in [1.29, 1.82) is 0 Å². The van der Waals surface area contributed by atoms with Crippen LogP contribution in [0, 0.1) is 0 Å². The Bertz CT molecular complexity index is 220. The zero-order valence-electron chi connectivity index (χ0n) is 6.92. The van der Waals surface area contributed by atoms with E-state index in [4.69, 9.17) is 0 Å². The average molecular weight is 169 g/mol. The molecule has 0 unspecified atom stereocenters. The summed E-state index contributed by atoms with van der Waals surface area (Å²) in [7, 11) is 0. The summed E-state index contributed by atoms with van der Waals surface area (Å²) in [5, 5.41) is 2.36. The van der Waals surface area contributed by atoms with Crippen molar-refractivity contribution >= 4 is 11.9 Å². The van der Waals surface area contributed by atoms with Gasteiger partial charge in [0.05, 0.1) is 0 Å². The van der Waals surface area contributed by atoms with Gasteiger partial charge < -0.3 is 10.1 Å². The van der Waals surface area contributed by atoms with Crippen molar-refractivity contribution < 1.29 is 14.3 Å². The molecule has 0 rings (SSSR count). The zero-order valence-corrected chi connectivity index (χ0v) is 6.92. The highest BCUT2D eigenvalue weighted by molar-refractivity contribution is 5.81. The van der Waals surface area contributed by atoms with E-state index in [1.165, 1.54) is 13.0 Å². The highest BCUT2D eigenvalue weighted by Crippen LogP contribution is 1.84. The summed E-state index contributed by atoms with van der Waals surface area (Å²) in [4.78, 5) is 21.1. The van der Waals surface area contributed by atoms with Crippen LogP contribution in [-0.4, -0.2) is 18.5 Å². The molecule has 66 valence electrons. The quantitative estimate of drug-likeness (QED) is 0.488. The monoisotopic (exact) mass is 169 g/mol. The molecule has 0 radical (unpaired) electrons. The van der Waals surface area contributed by atoms with E-state index in [1.54, 1.807) is 0 Å². The van der Waals surface area contributed by atoms with E-state index in [2.05, 4.69) is 23.2 Å². The van der Waals surface area contributed by atoms with Gasteiger partial charge in [0.1, 0.15) is 0 Å². The third-order valence-corrected chi connectivity index (χ3v) is 0.953. The molecule has 0 fully saturated rings. The van der Waals surface area contributed by atoms with Crippen LogP contribution in [0.15, 0.2) is 24.9 Å². The van der Waals surface area contributed by atoms with E-state index in [0.717, 1.165) is 0 Å². The van der Waals surface area contributed by atoms with Gasteiger partial charge in [0, 0.05) is 12.6 Å². The molecule has 0 atom stereocenters. The van der Waals surface area contributed by atoms with E-state index in [0.29, 0.717) is 5.70 Å². The van der Waals surface area contributed by atoms with Crippen LogP contribution < -0.4 is 5.32 Å².